The molecule has 0 aliphatic rings. The van der Waals surface area contributed by atoms with Crippen molar-refractivity contribution in [3.63, 3.8) is 0 Å². The van der Waals surface area contributed by atoms with Gasteiger partial charge in [0, 0.05) is 7.05 Å². The van der Waals surface area contributed by atoms with Crippen molar-refractivity contribution in [3.05, 3.63) is 0 Å². The molecular weight excluding hydrogens is 146 g/mol. The molecule has 0 spiro atoms. The van der Waals surface area contributed by atoms with Gasteiger partial charge in [0.2, 0.25) is 0 Å². The number of hydrogen-bond donors (Lipinski definition) is 2. The predicted octanol–water partition coefficient (Wildman–Crippen LogP) is 0.502. The first-order chi connectivity index (χ1) is 4.90. The first-order valence-electron chi connectivity index (χ1n) is 3.49. The molecular formula is C7H15NO3. The molecule has 0 aromatic rings. The zero-order valence-electron chi connectivity index (χ0n) is 7.34. The highest BCUT2D eigenvalue weighted by atomic mass is 16.6. The SMILES string of the molecule is CNC(=O)OC(C)(C)[C@H](C)O. The van der Waals surface area contributed by atoms with Gasteiger partial charge in [-0.2, -0.15) is 0 Å². The van der Waals surface area contributed by atoms with Gasteiger partial charge in [-0.15, -0.1) is 0 Å². The summed E-state index contributed by atoms with van der Waals surface area (Å²) >= 11 is 0. The lowest BCUT2D eigenvalue weighted by molar-refractivity contribution is -0.0484. The van der Waals surface area contributed by atoms with Crippen molar-refractivity contribution in [2.24, 2.45) is 0 Å². The number of amides is 1. The average Bonchev–Trinajstić information content (AvgIpc) is 1.86. The van der Waals surface area contributed by atoms with Crippen LogP contribution in [0.1, 0.15) is 20.8 Å². The summed E-state index contributed by atoms with van der Waals surface area (Å²) in [6.07, 6.45) is -1.21. The fourth-order valence-electron chi connectivity index (χ4n) is 0.375. The highest BCUT2D eigenvalue weighted by Crippen LogP contribution is 2.13. The number of alkyl carbamates (subject to hydrolysis) is 1. The molecule has 11 heavy (non-hydrogen) atoms. The molecule has 0 aliphatic heterocycles. The molecule has 0 aliphatic carbocycles. The molecule has 0 rings (SSSR count). The quantitative estimate of drug-likeness (QED) is 0.620. The first-order valence-corrected chi connectivity index (χ1v) is 3.49. The molecule has 0 aromatic carbocycles. The van der Waals surface area contributed by atoms with E-state index in [0.29, 0.717) is 0 Å². The Morgan fingerprint density at radius 1 is 1.64 bits per heavy atom. The second kappa shape index (κ2) is 3.57. The van der Waals surface area contributed by atoms with Crippen LogP contribution in [0.25, 0.3) is 0 Å². The van der Waals surface area contributed by atoms with Crippen molar-refractivity contribution in [3.8, 4) is 0 Å². The van der Waals surface area contributed by atoms with Gasteiger partial charge in [-0.1, -0.05) is 0 Å². The lowest BCUT2D eigenvalue weighted by Gasteiger charge is -2.27. The summed E-state index contributed by atoms with van der Waals surface area (Å²) in [5.74, 6) is 0. The van der Waals surface area contributed by atoms with Gasteiger partial charge in [-0.25, -0.2) is 4.79 Å². The Bertz CT molecular complexity index is 143. The number of carbonyl (C=O) groups is 1. The first kappa shape index (κ1) is 10.2. The summed E-state index contributed by atoms with van der Waals surface area (Å²) in [7, 11) is 1.47. The Hall–Kier alpha value is -0.770. The Labute approximate surface area is 66.5 Å². The fourth-order valence-corrected chi connectivity index (χ4v) is 0.375. The summed E-state index contributed by atoms with van der Waals surface area (Å²) in [4.78, 5) is 10.7. The van der Waals surface area contributed by atoms with E-state index < -0.39 is 17.8 Å². The van der Waals surface area contributed by atoms with Crippen LogP contribution < -0.4 is 5.32 Å². The fraction of sp³-hybridized carbons (Fsp3) is 0.857. The van der Waals surface area contributed by atoms with Crippen LogP contribution in [0, 0.1) is 0 Å². The molecule has 0 radical (unpaired) electrons. The maximum absolute atomic E-state index is 10.7. The third-order valence-corrected chi connectivity index (χ3v) is 1.57. The molecule has 0 saturated heterocycles. The highest BCUT2D eigenvalue weighted by molar-refractivity contribution is 5.67. The van der Waals surface area contributed by atoms with Gasteiger partial charge in [-0.05, 0) is 20.8 Å². The molecule has 1 amide bonds. The zero-order chi connectivity index (χ0) is 9.07. The Morgan fingerprint density at radius 3 is 2.36 bits per heavy atom. The summed E-state index contributed by atoms with van der Waals surface area (Å²) in [6.45, 7) is 4.86. The summed E-state index contributed by atoms with van der Waals surface area (Å²) in [5.41, 5.74) is -0.833. The third-order valence-electron chi connectivity index (χ3n) is 1.57. The van der Waals surface area contributed by atoms with E-state index in [-0.39, 0.29) is 0 Å². The van der Waals surface area contributed by atoms with Crippen LogP contribution in [-0.4, -0.2) is 30.0 Å². The normalized spacial score (nSPS) is 13.9. The Balaban J connectivity index is 4.01. The average molecular weight is 161 g/mol. The topological polar surface area (TPSA) is 58.6 Å². The maximum atomic E-state index is 10.7. The molecule has 0 aromatic heterocycles. The zero-order valence-corrected chi connectivity index (χ0v) is 7.34. The van der Waals surface area contributed by atoms with E-state index in [4.69, 9.17) is 9.84 Å². The second-order valence-electron chi connectivity index (χ2n) is 2.92. The number of nitrogens with one attached hydrogen (secondary N) is 1. The van der Waals surface area contributed by atoms with Crippen molar-refractivity contribution in [2.45, 2.75) is 32.5 Å². The molecule has 4 heteroatoms. The number of aliphatic hydroxyl groups is 1. The van der Waals surface area contributed by atoms with E-state index in [1.54, 1.807) is 20.8 Å². The summed E-state index contributed by atoms with van der Waals surface area (Å²) in [6, 6.07) is 0. The van der Waals surface area contributed by atoms with Crippen LogP contribution in [0.4, 0.5) is 4.79 Å². The number of rotatable bonds is 2. The smallest absolute Gasteiger partial charge is 0.407 e. The van der Waals surface area contributed by atoms with Crippen LogP contribution in [0.5, 0.6) is 0 Å². The minimum absolute atomic E-state index is 0.532. The van der Waals surface area contributed by atoms with E-state index >= 15 is 0 Å². The Kier molecular flexibility index (Phi) is 3.32. The van der Waals surface area contributed by atoms with Crippen molar-refractivity contribution in [1.82, 2.24) is 5.32 Å². The number of hydrogen-bond acceptors (Lipinski definition) is 3. The predicted molar refractivity (Wildman–Crippen MR) is 41.3 cm³/mol. The molecule has 66 valence electrons. The van der Waals surface area contributed by atoms with Crippen molar-refractivity contribution >= 4 is 6.09 Å². The van der Waals surface area contributed by atoms with Gasteiger partial charge in [-0.3, -0.25) is 0 Å². The van der Waals surface area contributed by atoms with Crippen LogP contribution in [-0.2, 0) is 4.74 Å². The largest absolute Gasteiger partial charge is 0.441 e. The van der Waals surface area contributed by atoms with Gasteiger partial charge in [0.05, 0.1) is 6.10 Å². The van der Waals surface area contributed by atoms with Crippen LogP contribution in [0.3, 0.4) is 0 Å². The second-order valence-corrected chi connectivity index (χ2v) is 2.92. The molecule has 0 heterocycles. The van der Waals surface area contributed by atoms with Gasteiger partial charge < -0.3 is 15.2 Å². The number of ether oxygens (including phenoxy) is 1. The van der Waals surface area contributed by atoms with Gasteiger partial charge in [0.1, 0.15) is 5.60 Å². The van der Waals surface area contributed by atoms with E-state index in [1.165, 1.54) is 7.05 Å². The van der Waals surface area contributed by atoms with E-state index in [1.807, 2.05) is 0 Å². The monoisotopic (exact) mass is 161 g/mol. The lowest BCUT2D eigenvalue weighted by atomic mass is 10.0. The molecule has 4 nitrogen and oxygen atoms in total. The third kappa shape index (κ3) is 3.23. The van der Waals surface area contributed by atoms with Gasteiger partial charge in [0.25, 0.3) is 0 Å². The minimum Gasteiger partial charge on any atom is -0.441 e. The standard InChI is InChI=1S/C7H15NO3/c1-5(9)7(2,3)11-6(10)8-4/h5,9H,1-4H3,(H,8,10)/t5-/m0/s1. The van der Waals surface area contributed by atoms with E-state index in [9.17, 15) is 4.79 Å². The number of aliphatic hydroxyl groups excluding tert-OH is 1. The van der Waals surface area contributed by atoms with Crippen LogP contribution in [0.15, 0.2) is 0 Å². The molecule has 0 unspecified atom stereocenters. The lowest BCUT2D eigenvalue weighted by Crippen LogP contribution is -2.41. The Morgan fingerprint density at radius 2 is 2.09 bits per heavy atom. The number of carbonyl (C=O) groups excluding carboxylic acids is 1. The molecule has 0 saturated carbocycles. The van der Waals surface area contributed by atoms with Gasteiger partial charge >= 0.3 is 6.09 Å². The van der Waals surface area contributed by atoms with E-state index in [0.717, 1.165) is 0 Å². The molecule has 1 atom stereocenters. The van der Waals surface area contributed by atoms with Crippen LogP contribution >= 0.6 is 0 Å². The molecule has 0 bridgehead atoms. The minimum atomic E-state index is -0.833. The van der Waals surface area contributed by atoms with Crippen molar-refractivity contribution in [1.29, 1.82) is 0 Å². The van der Waals surface area contributed by atoms with Crippen molar-refractivity contribution < 1.29 is 14.6 Å². The highest BCUT2D eigenvalue weighted by Gasteiger charge is 2.27. The van der Waals surface area contributed by atoms with Gasteiger partial charge in [0.15, 0.2) is 0 Å². The van der Waals surface area contributed by atoms with Crippen molar-refractivity contribution in [2.75, 3.05) is 7.05 Å². The molecule has 2 N–H and O–H groups in total. The maximum Gasteiger partial charge on any atom is 0.407 e. The van der Waals surface area contributed by atoms with E-state index in [2.05, 4.69) is 5.32 Å². The molecule has 0 fully saturated rings. The summed E-state index contributed by atoms with van der Waals surface area (Å²) in [5, 5.41) is 11.4. The summed E-state index contributed by atoms with van der Waals surface area (Å²) < 4.78 is 4.85. The van der Waals surface area contributed by atoms with Crippen LogP contribution in [0.2, 0.25) is 0 Å².